The molecular weight excluding hydrogens is 316 g/mol. The topological polar surface area (TPSA) is 88.3 Å². The molecule has 0 radical (unpaired) electrons. The van der Waals surface area contributed by atoms with Gasteiger partial charge in [0.05, 0.1) is 5.02 Å². The molecule has 0 aromatic carbocycles. The van der Waals surface area contributed by atoms with Gasteiger partial charge in [-0.2, -0.15) is 0 Å². The van der Waals surface area contributed by atoms with E-state index in [1.54, 1.807) is 12.1 Å². The Hall–Kier alpha value is -1.66. The summed E-state index contributed by atoms with van der Waals surface area (Å²) in [5, 5.41) is 3.32. The minimum Gasteiger partial charge on any atom is -0.343 e. The van der Waals surface area contributed by atoms with E-state index in [-0.39, 0.29) is 23.8 Å². The molecule has 0 aliphatic carbocycles. The number of pyridine rings is 1. The van der Waals surface area contributed by atoms with Crippen LogP contribution in [0.4, 0.5) is 5.82 Å². The van der Waals surface area contributed by atoms with E-state index >= 15 is 0 Å². The molecule has 126 valence electrons. The van der Waals surface area contributed by atoms with Gasteiger partial charge in [0.1, 0.15) is 5.82 Å². The standard InChI is InChI=1S/C16H23ClN4O2/c1-11(18)2-5-15(22)21-8-6-12(7-9-21)16(23)20-14-4-3-13(17)10-19-14/h3-4,10-12H,2,5-9,18H2,1H3,(H,19,20,23). The summed E-state index contributed by atoms with van der Waals surface area (Å²) >= 11 is 5.77. The molecule has 0 saturated carbocycles. The SMILES string of the molecule is CC(N)CCC(=O)N1CCC(C(=O)Nc2ccc(Cl)cn2)CC1. The molecule has 1 aromatic rings. The van der Waals surface area contributed by atoms with Gasteiger partial charge in [-0.05, 0) is 38.3 Å². The monoisotopic (exact) mass is 338 g/mol. The number of piperidine rings is 1. The summed E-state index contributed by atoms with van der Waals surface area (Å²) in [5.74, 6) is 0.475. The summed E-state index contributed by atoms with van der Waals surface area (Å²) in [5.41, 5.74) is 5.68. The summed E-state index contributed by atoms with van der Waals surface area (Å²) in [6.45, 7) is 3.13. The zero-order valence-corrected chi connectivity index (χ0v) is 14.1. The van der Waals surface area contributed by atoms with Crippen LogP contribution >= 0.6 is 11.6 Å². The molecule has 3 N–H and O–H groups in total. The van der Waals surface area contributed by atoms with Crippen molar-refractivity contribution >= 4 is 29.2 Å². The van der Waals surface area contributed by atoms with E-state index in [1.165, 1.54) is 6.20 Å². The quantitative estimate of drug-likeness (QED) is 0.859. The van der Waals surface area contributed by atoms with Gasteiger partial charge in [0.2, 0.25) is 11.8 Å². The molecule has 1 aromatic heterocycles. The summed E-state index contributed by atoms with van der Waals surface area (Å²) in [6.07, 6.45) is 4.01. The first kappa shape index (κ1) is 17.7. The van der Waals surface area contributed by atoms with Crippen molar-refractivity contribution in [3.8, 4) is 0 Å². The minimum atomic E-state index is -0.0926. The predicted molar refractivity (Wildman–Crippen MR) is 90.1 cm³/mol. The second kappa shape index (κ2) is 8.26. The highest BCUT2D eigenvalue weighted by atomic mass is 35.5. The van der Waals surface area contributed by atoms with Crippen LogP contribution in [0.15, 0.2) is 18.3 Å². The first-order chi connectivity index (χ1) is 11.0. The first-order valence-corrected chi connectivity index (χ1v) is 8.29. The molecule has 1 atom stereocenters. The van der Waals surface area contributed by atoms with E-state index in [9.17, 15) is 9.59 Å². The van der Waals surface area contributed by atoms with Gasteiger partial charge in [0, 0.05) is 37.7 Å². The van der Waals surface area contributed by atoms with E-state index in [0.717, 1.165) is 0 Å². The summed E-state index contributed by atoms with van der Waals surface area (Å²) in [4.78, 5) is 30.2. The average Bonchev–Trinajstić information content (AvgIpc) is 2.55. The zero-order valence-electron chi connectivity index (χ0n) is 13.3. The number of likely N-dealkylation sites (tertiary alicyclic amines) is 1. The van der Waals surface area contributed by atoms with E-state index in [2.05, 4.69) is 10.3 Å². The maximum Gasteiger partial charge on any atom is 0.228 e. The second-order valence-corrected chi connectivity index (χ2v) is 6.46. The Labute approximate surface area is 141 Å². The molecule has 2 heterocycles. The molecule has 1 unspecified atom stereocenters. The highest BCUT2D eigenvalue weighted by Crippen LogP contribution is 2.20. The van der Waals surface area contributed by atoms with Crippen LogP contribution in [0.3, 0.4) is 0 Å². The van der Waals surface area contributed by atoms with Crippen LogP contribution in [-0.4, -0.2) is 40.8 Å². The number of anilines is 1. The van der Waals surface area contributed by atoms with Gasteiger partial charge in [-0.3, -0.25) is 9.59 Å². The number of amides is 2. The molecule has 1 aliphatic heterocycles. The molecule has 23 heavy (non-hydrogen) atoms. The van der Waals surface area contributed by atoms with E-state index in [0.29, 0.717) is 49.6 Å². The Bertz CT molecular complexity index is 540. The maximum atomic E-state index is 12.2. The second-order valence-electron chi connectivity index (χ2n) is 6.02. The number of nitrogens with one attached hydrogen (secondary N) is 1. The molecule has 2 rings (SSSR count). The largest absolute Gasteiger partial charge is 0.343 e. The van der Waals surface area contributed by atoms with Crippen LogP contribution in [0.1, 0.15) is 32.6 Å². The molecule has 1 fully saturated rings. The van der Waals surface area contributed by atoms with Crippen LogP contribution < -0.4 is 11.1 Å². The Morgan fingerprint density at radius 2 is 2.13 bits per heavy atom. The molecule has 0 bridgehead atoms. The van der Waals surface area contributed by atoms with Gasteiger partial charge in [-0.1, -0.05) is 11.6 Å². The number of carbonyl (C=O) groups excluding carboxylic acids is 2. The number of nitrogens with two attached hydrogens (primary N) is 1. The number of hydrogen-bond donors (Lipinski definition) is 2. The molecule has 0 spiro atoms. The highest BCUT2D eigenvalue weighted by molar-refractivity contribution is 6.30. The fourth-order valence-corrected chi connectivity index (χ4v) is 2.69. The number of halogens is 1. The normalized spacial score (nSPS) is 16.9. The van der Waals surface area contributed by atoms with E-state index in [4.69, 9.17) is 17.3 Å². The average molecular weight is 339 g/mol. The van der Waals surface area contributed by atoms with Crippen molar-refractivity contribution in [3.63, 3.8) is 0 Å². The Balaban J connectivity index is 1.78. The van der Waals surface area contributed by atoms with Crippen molar-refractivity contribution in [2.45, 2.75) is 38.6 Å². The summed E-state index contributed by atoms with van der Waals surface area (Å²) in [6, 6.07) is 3.39. The minimum absolute atomic E-state index is 0.0362. The molecule has 7 heteroatoms. The Morgan fingerprint density at radius 3 is 2.70 bits per heavy atom. The lowest BCUT2D eigenvalue weighted by atomic mass is 9.95. The van der Waals surface area contributed by atoms with Crippen LogP contribution in [0, 0.1) is 5.92 Å². The number of nitrogens with zero attached hydrogens (tertiary/aromatic N) is 2. The van der Waals surface area contributed by atoms with Crippen LogP contribution in [0.5, 0.6) is 0 Å². The Kier molecular flexibility index (Phi) is 6.36. The third-order valence-corrected chi connectivity index (χ3v) is 4.23. The maximum absolute atomic E-state index is 12.2. The molecule has 1 saturated heterocycles. The molecule has 2 amide bonds. The van der Waals surface area contributed by atoms with Gasteiger partial charge in [-0.25, -0.2) is 4.98 Å². The lowest BCUT2D eigenvalue weighted by Crippen LogP contribution is -2.41. The zero-order chi connectivity index (χ0) is 16.8. The van der Waals surface area contributed by atoms with Crippen LogP contribution in [0.25, 0.3) is 0 Å². The fraction of sp³-hybridized carbons (Fsp3) is 0.562. The number of hydrogen-bond acceptors (Lipinski definition) is 4. The summed E-state index contributed by atoms with van der Waals surface area (Å²) in [7, 11) is 0. The van der Waals surface area contributed by atoms with Crippen LogP contribution in [0.2, 0.25) is 5.02 Å². The van der Waals surface area contributed by atoms with Crippen molar-refractivity contribution in [3.05, 3.63) is 23.4 Å². The molecular formula is C16H23ClN4O2. The fourth-order valence-electron chi connectivity index (χ4n) is 2.58. The van der Waals surface area contributed by atoms with Crippen molar-refractivity contribution in [1.82, 2.24) is 9.88 Å². The van der Waals surface area contributed by atoms with Crippen molar-refractivity contribution in [1.29, 1.82) is 0 Å². The third-order valence-electron chi connectivity index (χ3n) is 4.01. The van der Waals surface area contributed by atoms with Gasteiger partial charge < -0.3 is 16.0 Å². The summed E-state index contributed by atoms with van der Waals surface area (Å²) < 4.78 is 0. The lowest BCUT2D eigenvalue weighted by molar-refractivity contribution is -0.134. The first-order valence-electron chi connectivity index (χ1n) is 7.91. The third kappa shape index (κ3) is 5.48. The predicted octanol–water partition coefficient (Wildman–Crippen LogP) is 2.04. The van der Waals surface area contributed by atoms with Gasteiger partial charge in [0.15, 0.2) is 0 Å². The number of rotatable bonds is 5. The molecule has 1 aliphatic rings. The van der Waals surface area contributed by atoms with Gasteiger partial charge >= 0.3 is 0 Å². The van der Waals surface area contributed by atoms with Gasteiger partial charge in [-0.15, -0.1) is 0 Å². The highest BCUT2D eigenvalue weighted by Gasteiger charge is 2.27. The van der Waals surface area contributed by atoms with E-state index in [1.807, 2.05) is 11.8 Å². The Morgan fingerprint density at radius 1 is 1.43 bits per heavy atom. The molecule has 6 nitrogen and oxygen atoms in total. The van der Waals surface area contributed by atoms with Gasteiger partial charge in [0.25, 0.3) is 0 Å². The smallest absolute Gasteiger partial charge is 0.228 e. The van der Waals surface area contributed by atoms with Crippen molar-refractivity contribution in [2.24, 2.45) is 11.7 Å². The van der Waals surface area contributed by atoms with Crippen molar-refractivity contribution in [2.75, 3.05) is 18.4 Å². The van der Waals surface area contributed by atoms with Crippen LogP contribution in [-0.2, 0) is 9.59 Å². The van der Waals surface area contributed by atoms with Crippen molar-refractivity contribution < 1.29 is 9.59 Å². The number of aromatic nitrogens is 1. The lowest BCUT2D eigenvalue weighted by Gasteiger charge is -2.31. The van der Waals surface area contributed by atoms with E-state index < -0.39 is 0 Å². The number of carbonyl (C=O) groups is 2.